The summed E-state index contributed by atoms with van der Waals surface area (Å²) in [5.41, 5.74) is 4.16. The van der Waals surface area contributed by atoms with E-state index in [2.05, 4.69) is 45.9 Å². The van der Waals surface area contributed by atoms with E-state index in [0.717, 1.165) is 0 Å². The number of hydrogen-bond donors (Lipinski definition) is 0. The molecule has 0 aliphatic carbocycles. The first-order valence-electron chi connectivity index (χ1n) is 9.74. The van der Waals surface area contributed by atoms with Gasteiger partial charge in [0.2, 0.25) is 0 Å². The Hall–Kier alpha value is -0.490. The van der Waals surface area contributed by atoms with E-state index >= 15 is 0 Å². The van der Waals surface area contributed by atoms with Crippen molar-refractivity contribution in [3.05, 3.63) is 34.9 Å². The highest BCUT2D eigenvalue weighted by molar-refractivity contribution is 6.23. The van der Waals surface area contributed by atoms with E-state index in [4.69, 9.17) is 11.6 Å². The third kappa shape index (κ3) is 8.25. The number of aryl methyl sites for hydroxylation is 1. The summed E-state index contributed by atoms with van der Waals surface area (Å²) < 4.78 is 0. The molecular weight excluding hydrogens is 300 g/mol. The normalized spacial score (nSPS) is 11.9. The van der Waals surface area contributed by atoms with Crippen LogP contribution >= 0.6 is 11.6 Å². The van der Waals surface area contributed by atoms with Gasteiger partial charge in [0.25, 0.3) is 0 Å². The summed E-state index contributed by atoms with van der Waals surface area (Å²) in [4.78, 5) is -0.266. The molecule has 0 fully saturated rings. The van der Waals surface area contributed by atoms with E-state index in [1.807, 2.05) is 0 Å². The third-order valence-corrected chi connectivity index (χ3v) is 5.09. The van der Waals surface area contributed by atoms with Crippen LogP contribution < -0.4 is 0 Å². The van der Waals surface area contributed by atoms with Gasteiger partial charge in [-0.15, -0.1) is 11.6 Å². The summed E-state index contributed by atoms with van der Waals surface area (Å²) in [5, 5.41) is 0. The molecular formula is C22H37Cl. The maximum absolute atomic E-state index is 6.50. The van der Waals surface area contributed by atoms with Crippen LogP contribution in [0.1, 0.15) is 102 Å². The van der Waals surface area contributed by atoms with Crippen molar-refractivity contribution in [2.75, 3.05) is 0 Å². The quantitative estimate of drug-likeness (QED) is 0.268. The second kappa shape index (κ2) is 11.1. The average molecular weight is 337 g/mol. The van der Waals surface area contributed by atoms with Crippen molar-refractivity contribution in [2.24, 2.45) is 0 Å². The first kappa shape index (κ1) is 20.6. The zero-order valence-electron chi connectivity index (χ0n) is 15.9. The number of alkyl halides is 1. The molecule has 0 saturated heterocycles. The van der Waals surface area contributed by atoms with Crippen molar-refractivity contribution < 1.29 is 0 Å². The number of benzene rings is 1. The molecule has 0 unspecified atom stereocenters. The van der Waals surface area contributed by atoms with Crippen LogP contribution in [-0.2, 0) is 11.3 Å². The summed E-state index contributed by atoms with van der Waals surface area (Å²) in [7, 11) is 0. The second-order valence-electron chi connectivity index (χ2n) is 7.49. The van der Waals surface area contributed by atoms with Gasteiger partial charge in [0.15, 0.2) is 0 Å². The van der Waals surface area contributed by atoms with Gasteiger partial charge in [0.1, 0.15) is 0 Å². The van der Waals surface area contributed by atoms with E-state index in [9.17, 15) is 0 Å². The largest absolute Gasteiger partial charge is 0.115 e. The van der Waals surface area contributed by atoms with E-state index in [0.29, 0.717) is 0 Å². The highest BCUT2D eigenvalue weighted by Crippen LogP contribution is 2.32. The Kier molecular flexibility index (Phi) is 9.95. The van der Waals surface area contributed by atoms with Crippen LogP contribution in [0, 0.1) is 6.92 Å². The van der Waals surface area contributed by atoms with E-state index in [-0.39, 0.29) is 4.87 Å². The zero-order valence-corrected chi connectivity index (χ0v) is 16.6. The van der Waals surface area contributed by atoms with Crippen molar-refractivity contribution in [1.29, 1.82) is 0 Å². The molecule has 0 saturated carbocycles. The first-order chi connectivity index (χ1) is 11.0. The number of unbranched alkanes of at least 4 members (excludes halogenated alkanes) is 9. The summed E-state index contributed by atoms with van der Waals surface area (Å²) in [6.07, 6.45) is 15.2. The lowest BCUT2D eigenvalue weighted by molar-refractivity contribution is 0.556. The summed E-state index contributed by atoms with van der Waals surface area (Å²) in [6, 6.07) is 6.61. The number of hydrogen-bond acceptors (Lipinski definition) is 0. The van der Waals surface area contributed by atoms with Gasteiger partial charge >= 0.3 is 0 Å². The third-order valence-electron chi connectivity index (χ3n) is 4.89. The molecule has 23 heavy (non-hydrogen) atoms. The van der Waals surface area contributed by atoms with Gasteiger partial charge in [0, 0.05) is 0 Å². The Morgan fingerprint density at radius 2 is 1.35 bits per heavy atom. The molecule has 0 bridgehead atoms. The predicted octanol–water partition coefficient (Wildman–Crippen LogP) is 7.93. The smallest absolute Gasteiger partial charge is 0.0641 e. The van der Waals surface area contributed by atoms with Crippen LogP contribution in [0.15, 0.2) is 18.2 Å². The average Bonchev–Trinajstić information content (AvgIpc) is 2.49. The molecule has 0 aliphatic heterocycles. The molecule has 1 aromatic carbocycles. The van der Waals surface area contributed by atoms with Crippen LogP contribution in [0.25, 0.3) is 0 Å². The lowest BCUT2D eigenvalue weighted by Crippen LogP contribution is -2.11. The molecule has 0 amide bonds. The molecule has 0 aromatic heterocycles. The highest BCUT2D eigenvalue weighted by atomic mass is 35.5. The Morgan fingerprint density at radius 3 is 1.87 bits per heavy atom. The Balaban J connectivity index is 2.19. The van der Waals surface area contributed by atoms with Crippen LogP contribution in [-0.4, -0.2) is 0 Å². The monoisotopic (exact) mass is 336 g/mol. The van der Waals surface area contributed by atoms with Crippen molar-refractivity contribution in [2.45, 2.75) is 103 Å². The van der Waals surface area contributed by atoms with Gasteiger partial charge < -0.3 is 0 Å². The van der Waals surface area contributed by atoms with Gasteiger partial charge in [-0.2, -0.15) is 0 Å². The summed E-state index contributed by atoms with van der Waals surface area (Å²) in [5.74, 6) is 0. The lowest BCUT2D eigenvalue weighted by atomic mass is 9.91. The van der Waals surface area contributed by atoms with E-state index < -0.39 is 0 Å². The Bertz CT molecular complexity index is 428. The van der Waals surface area contributed by atoms with Gasteiger partial charge in [-0.05, 0) is 50.3 Å². The molecule has 0 radical (unpaired) electrons. The number of rotatable bonds is 12. The number of halogens is 1. The molecule has 0 spiro atoms. The van der Waals surface area contributed by atoms with E-state index in [1.54, 1.807) is 0 Å². The van der Waals surface area contributed by atoms with Gasteiger partial charge in [-0.1, -0.05) is 82.9 Å². The summed E-state index contributed by atoms with van der Waals surface area (Å²) in [6.45, 7) is 8.68. The van der Waals surface area contributed by atoms with Crippen LogP contribution in [0.4, 0.5) is 0 Å². The van der Waals surface area contributed by atoms with Gasteiger partial charge in [-0.3, -0.25) is 0 Å². The van der Waals surface area contributed by atoms with Gasteiger partial charge in [0.05, 0.1) is 4.87 Å². The van der Waals surface area contributed by atoms with Crippen molar-refractivity contribution in [3.8, 4) is 0 Å². The molecule has 0 heterocycles. The molecule has 0 aliphatic rings. The minimum atomic E-state index is -0.266. The van der Waals surface area contributed by atoms with Crippen LogP contribution in [0.2, 0.25) is 0 Å². The molecule has 0 N–H and O–H groups in total. The Labute approximate surface area is 150 Å². The topological polar surface area (TPSA) is 0 Å². The molecule has 1 aromatic rings. The SMILES string of the molecule is CCCCCCCCCCCCc1cccc(C(C)(C)Cl)c1C. The van der Waals surface area contributed by atoms with Crippen molar-refractivity contribution >= 4 is 11.6 Å². The highest BCUT2D eigenvalue weighted by Gasteiger charge is 2.19. The second-order valence-corrected chi connectivity index (χ2v) is 8.44. The maximum Gasteiger partial charge on any atom is 0.0641 e. The fourth-order valence-electron chi connectivity index (χ4n) is 3.40. The van der Waals surface area contributed by atoms with Gasteiger partial charge in [-0.25, -0.2) is 0 Å². The molecule has 1 rings (SSSR count). The zero-order chi connectivity index (χ0) is 17.1. The van der Waals surface area contributed by atoms with Crippen LogP contribution in [0.3, 0.4) is 0 Å². The molecule has 0 atom stereocenters. The maximum atomic E-state index is 6.50. The first-order valence-corrected chi connectivity index (χ1v) is 10.1. The standard InChI is InChI=1S/C22H37Cl/c1-5-6-7-8-9-10-11-12-13-14-16-20-17-15-18-21(19(20)2)22(3,4)23/h15,17-18H,5-14,16H2,1-4H3. The molecule has 132 valence electrons. The van der Waals surface area contributed by atoms with Crippen molar-refractivity contribution in [3.63, 3.8) is 0 Å². The summed E-state index contributed by atoms with van der Waals surface area (Å²) >= 11 is 6.50. The van der Waals surface area contributed by atoms with E-state index in [1.165, 1.54) is 87.3 Å². The molecule has 1 heteroatoms. The lowest BCUT2D eigenvalue weighted by Gasteiger charge is -2.21. The minimum absolute atomic E-state index is 0.266. The molecule has 0 nitrogen and oxygen atoms in total. The van der Waals surface area contributed by atoms with Crippen LogP contribution in [0.5, 0.6) is 0 Å². The predicted molar refractivity (Wildman–Crippen MR) is 106 cm³/mol. The van der Waals surface area contributed by atoms with Crippen molar-refractivity contribution in [1.82, 2.24) is 0 Å². The fraction of sp³-hybridized carbons (Fsp3) is 0.727. The Morgan fingerprint density at radius 1 is 0.826 bits per heavy atom. The minimum Gasteiger partial charge on any atom is -0.115 e. The fourth-order valence-corrected chi connectivity index (χ4v) is 3.61.